The fourth-order valence-electron chi connectivity index (χ4n) is 4.29. The van der Waals surface area contributed by atoms with Crippen molar-refractivity contribution in [1.29, 1.82) is 0 Å². The maximum absolute atomic E-state index is 15.0. The number of anilines is 1. The number of rotatable bonds is 3. The average molecular weight is 483 g/mol. The molecule has 34 heavy (non-hydrogen) atoms. The number of aromatic nitrogens is 5. The zero-order valence-electron chi connectivity index (χ0n) is 19.3. The molecule has 0 bridgehead atoms. The maximum Gasteiger partial charge on any atom is 0.263 e. The minimum absolute atomic E-state index is 0.00780. The van der Waals surface area contributed by atoms with Crippen LogP contribution in [0.3, 0.4) is 0 Å². The van der Waals surface area contributed by atoms with Crippen molar-refractivity contribution in [2.24, 2.45) is 14.1 Å². The summed E-state index contributed by atoms with van der Waals surface area (Å²) < 4.78 is 24.3. The van der Waals surface area contributed by atoms with Crippen LogP contribution in [-0.2, 0) is 18.8 Å². The van der Waals surface area contributed by atoms with E-state index in [9.17, 15) is 4.79 Å². The molecule has 0 spiro atoms. The van der Waals surface area contributed by atoms with Gasteiger partial charge in [0, 0.05) is 42.5 Å². The first kappa shape index (κ1) is 22.5. The van der Waals surface area contributed by atoms with E-state index in [1.807, 2.05) is 20.2 Å². The Morgan fingerprint density at radius 1 is 1.21 bits per heavy atom. The Hall–Kier alpha value is -3.30. The minimum atomic E-state index is -0.552. The van der Waals surface area contributed by atoms with Gasteiger partial charge in [0.1, 0.15) is 23.6 Å². The molecule has 2 unspecified atom stereocenters. The van der Waals surface area contributed by atoms with Crippen LogP contribution in [-0.4, -0.2) is 43.5 Å². The number of morpholine rings is 1. The van der Waals surface area contributed by atoms with Crippen LogP contribution in [0.1, 0.15) is 24.4 Å². The van der Waals surface area contributed by atoms with Gasteiger partial charge in [0.15, 0.2) is 0 Å². The number of hydrogen-bond donors (Lipinski definition) is 0. The van der Waals surface area contributed by atoms with Crippen LogP contribution < -0.4 is 10.5 Å². The van der Waals surface area contributed by atoms with E-state index in [0.29, 0.717) is 30.3 Å². The summed E-state index contributed by atoms with van der Waals surface area (Å²) in [5.74, 6) is 0.603. The minimum Gasteiger partial charge on any atom is -0.369 e. The van der Waals surface area contributed by atoms with Crippen molar-refractivity contribution in [3.8, 4) is 11.3 Å². The van der Waals surface area contributed by atoms with E-state index in [1.54, 1.807) is 43.0 Å². The number of halogens is 2. The van der Waals surface area contributed by atoms with Gasteiger partial charge >= 0.3 is 0 Å². The lowest BCUT2D eigenvalue weighted by atomic mass is 10.1. The smallest absolute Gasteiger partial charge is 0.263 e. The second-order valence-corrected chi connectivity index (χ2v) is 9.08. The predicted octanol–water partition coefficient (Wildman–Crippen LogP) is 3.80. The fourth-order valence-corrected chi connectivity index (χ4v) is 4.45. The van der Waals surface area contributed by atoms with Gasteiger partial charge in [-0.25, -0.2) is 14.4 Å². The summed E-state index contributed by atoms with van der Waals surface area (Å²) in [7, 11) is 3.50. The van der Waals surface area contributed by atoms with Gasteiger partial charge < -0.3 is 9.64 Å². The zero-order valence-corrected chi connectivity index (χ0v) is 20.0. The highest BCUT2D eigenvalue weighted by Crippen LogP contribution is 2.34. The van der Waals surface area contributed by atoms with Gasteiger partial charge in [-0.15, -0.1) is 0 Å². The van der Waals surface area contributed by atoms with Crippen LogP contribution in [0.2, 0.25) is 5.02 Å². The van der Waals surface area contributed by atoms with E-state index in [-0.39, 0.29) is 39.4 Å². The van der Waals surface area contributed by atoms with E-state index in [4.69, 9.17) is 21.3 Å². The highest BCUT2D eigenvalue weighted by molar-refractivity contribution is 6.30. The highest BCUT2D eigenvalue weighted by Gasteiger charge is 2.30. The molecule has 0 N–H and O–H groups in total. The van der Waals surface area contributed by atoms with Gasteiger partial charge in [-0.3, -0.25) is 14.0 Å². The van der Waals surface area contributed by atoms with Crippen molar-refractivity contribution in [3.63, 3.8) is 0 Å². The van der Waals surface area contributed by atoms with Gasteiger partial charge in [0.05, 0.1) is 42.0 Å². The number of aryl methyl sites for hydroxylation is 2. The number of nitrogens with zero attached hydrogens (tertiary/aromatic N) is 6. The van der Waals surface area contributed by atoms with Crippen molar-refractivity contribution in [3.05, 3.63) is 69.2 Å². The molecule has 8 nitrogen and oxygen atoms in total. The molecule has 10 heteroatoms. The zero-order chi connectivity index (χ0) is 24.1. The molecule has 1 saturated heterocycles. The molecule has 0 aliphatic carbocycles. The summed E-state index contributed by atoms with van der Waals surface area (Å²) in [6, 6.07) is 6.15. The molecule has 3 aromatic heterocycles. The first-order valence-electron chi connectivity index (χ1n) is 10.9. The molecule has 0 saturated carbocycles. The van der Waals surface area contributed by atoms with Crippen molar-refractivity contribution >= 4 is 28.3 Å². The van der Waals surface area contributed by atoms with E-state index in [0.717, 1.165) is 5.56 Å². The van der Waals surface area contributed by atoms with E-state index in [2.05, 4.69) is 15.0 Å². The maximum atomic E-state index is 15.0. The molecular formula is C24H24ClFN6O2. The molecule has 5 rings (SSSR count). The summed E-state index contributed by atoms with van der Waals surface area (Å²) in [4.78, 5) is 24.8. The summed E-state index contributed by atoms with van der Waals surface area (Å²) in [5.41, 5.74) is 1.59. The molecule has 4 heterocycles. The lowest BCUT2D eigenvalue weighted by Gasteiger charge is -2.38. The van der Waals surface area contributed by atoms with Crippen molar-refractivity contribution in [2.75, 3.05) is 18.1 Å². The third-order valence-electron chi connectivity index (χ3n) is 6.28. The second-order valence-electron chi connectivity index (χ2n) is 8.64. The SMILES string of the molecule is Cc1nc2cc(N3CC(c4cnn(C)c4)OCC3C)nc(-c3ccc(Cl)cc3F)c2c(=O)n1C. The first-order valence-corrected chi connectivity index (χ1v) is 11.3. The van der Waals surface area contributed by atoms with Crippen LogP contribution in [0.15, 0.2) is 41.5 Å². The Morgan fingerprint density at radius 3 is 2.71 bits per heavy atom. The third kappa shape index (κ3) is 3.84. The van der Waals surface area contributed by atoms with Crippen LogP contribution in [0.25, 0.3) is 22.2 Å². The fraction of sp³-hybridized carbons (Fsp3) is 0.333. The van der Waals surface area contributed by atoms with Gasteiger partial charge in [0.2, 0.25) is 0 Å². The predicted molar refractivity (Wildman–Crippen MR) is 129 cm³/mol. The third-order valence-corrected chi connectivity index (χ3v) is 6.52. The topological polar surface area (TPSA) is 78.1 Å². The molecule has 1 aliphatic heterocycles. The van der Waals surface area contributed by atoms with Crippen LogP contribution in [0.5, 0.6) is 0 Å². The van der Waals surface area contributed by atoms with Crippen molar-refractivity contribution in [2.45, 2.75) is 26.0 Å². The van der Waals surface area contributed by atoms with Crippen molar-refractivity contribution < 1.29 is 9.13 Å². The Kier molecular flexibility index (Phi) is 5.61. The average Bonchev–Trinajstić information content (AvgIpc) is 3.23. The molecule has 2 atom stereocenters. The molecule has 4 aromatic rings. The Bertz CT molecular complexity index is 1470. The van der Waals surface area contributed by atoms with Gasteiger partial charge in [0.25, 0.3) is 5.56 Å². The summed E-state index contributed by atoms with van der Waals surface area (Å²) >= 11 is 5.98. The van der Waals surface area contributed by atoms with E-state index >= 15 is 4.39 Å². The van der Waals surface area contributed by atoms with Crippen LogP contribution in [0, 0.1) is 12.7 Å². The normalized spacial score (nSPS) is 18.6. The Morgan fingerprint density at radius 2 is 2.00 bits per heavy atom. The van der Waals surface area contributed by atoms with Crippen LogP contribution >= 0.6 is 11.6 Å². The summed E-state index contributed by atoms with van der Waals surface area (Å²) in [5, 5.41) is 4.79. The Labute approximate surface area is 200 Å². The second kappa shape index (κ2) is 8.48. The molecule has 0 amide bonds. The Balaban J connectivity index is 1.70. The quantitative estimate of drug-likeness (QED) is 0.442. The monoisotopic (exact) mass is 482 g/mol. The van der Waals surface area contributed by atoms with Gasteiger partial charge in [-0.05, 0) is 32.0 Å². The van der Waals surface area contributed by atoms with E-state index < -0.39 is 5.82 Å². The molecular weight excluding hydrogens is 459 g/mol. The van der Waals surface area contributed by atoms with Gasteiger partial charge in [-0.2, -0.15) is 5.10 Å². The van der Waals surface area contributed by atoms with Gasteiger partial charge in [-0.1, -0.05) is 11.6 Å². The summed E-state index contributed by atoms with van der Waals surface area (Å²) in [6.45, 7) is 4.81. The largest absolute Gasteiger partial charge is 0.369 e. The standard InChI is InChI=1S/C24H24ClFN6O2/c1-13-12-34-20(15-9-27-30(3)10-15)11-32(13)21-8-19-22(24(33)31(4)14(2)28-19)23(29-21)17-6-5-16(25)7-18(17)26/h5-10,13,20H,11-12H2,1-4H3. The number of fused-ring (bicyclic) bond motifs is 1. The molecule has 1 fully saturated rings. The number of benzene rings is 1. The molecule has 1 aromatic carbocycles. The molecule has 1 aliphatic rings. The summed E-state index contributed by atoms with van der Waals surface area (Å²) in [6.07, 6.45) is 3.52. The van der Waals surface area contributed by atoms with Crippen molar-refractivity contribution in [1.82, 2.24) is 24.3 Å². The highest BCUT2D eigenvalue weighted by atomic mass is 35.5. The molecule has 176 valence electrons. The molecule has 0 radical (unpaired) electrons. The number of pyridine rings is 1. The lowest BCUT2D eigenvalue weighted by molar-refractivity contribution is 0.0212. The number of ether oxygens (including phenoxy) is 1. The first-order chi connectivity index (χ1) is 16.2. The van der Waals surface area contributed by atoms with Crippen LogP contribution in [0.4, 0.5) is 10.2 Å². The number of hydrogen-bond acceptors (Lipinski definition) is 6. The lowest BCUT2D eigenvalue weighted by Crippen LogP contribution is -2.45. The van der Waals surface area contributed by atoms with E-state index in [1.165, 1.54) is 10.6 Å².